The standard InChI is InChI=1S/C32H32N6O3.C26H28N6O.C3H5ClO/c1-3-29(39)34-26-9-5-7-23(21-26)28-10-6-8-24-22-33-32(36-31(24)28)35-25-11-13-27(14-12-25)38-17-15-37(16-18-38)19-20-41-30(40)4-2;27-21-5-1-3-19(17-21)24-6-2-4-20-18-28-26(30-25(20)24)29-22-7-9-23(10-8-22)32-13-11-31(12-14-32)15-16-33;1-2-3(4)5/h3-14,21-22H,1-2,15-20H2,(H,34,39)(H,33,35,36);1-10,17-18,33H,11-16,27H2,(H,28,29,30);2H2,1H3. The van der Waals surface area contributed by atoms with Gasteiger partial charge in [-0.05, 0) is 102 Å². The Morgan fingerprint density at radius 2 is 1.11 bits per heavy atom. The maximum absolute atomic E-state index is 11.8. The number of piperazine rings is 2. The van der Waals surface area contributed by atoms with E-state index in [0.29, 0.717) is 30.6 Å². The molecule has 6 N–H and O–H groups in total. The molecule has 1 amide bonds. The number of fused-ring (bicyclic) bond motifs is 2. The van der Waals surface area contributed by atoms with Gasteiger partial charge in [0.1, 0.15) is 6.61 Å². The van der Waals surface area contributed by atoms with Crippen LogP contribution in [0.3, 0.4) is 0 Å². The Kier molecular flexibility index (Phi) is 20.0. The second kappa shape index (κ2) is 28.1. The van der Waals surface area contributed by atoms with Crippen molar-refractivity contribution in [2.45, 2.75) is 13.3 Å². The molecule has 4 heterocycles. The van der Waals surface area contributed by atoms with Crippen molar-refractivity contribution >= 4 is 96.5 Å². The minimum absolute atomic E-state index is 0.220. The fourth-order valence-electron chi connectivity index (χ4n) is 9.07. The van der Waals surface area contributed by atoms with Gasteiger partial charge in [-0.1, -0.05) is 80.7 Å². The lowest BCUT2D eigenvalue weighted by molar-refractivity contribution is -0.138. The summed E-state index contributed by atoms with van der Waals surface area (Å²) >= 11 is 4.82. The largest absolute Gasteiger partial charge is 0.461 e. The van der Waals surface area contributed by atoms with Crippen LogP contribution < -0.4 is 31.5 Å². The summed E-state index contributed by atoms with van der Waals surface area (Å²) in [6.07, 6.45) is 6.53. The maximum atomic E-state index is 11.8. The number of ether oxygens (including phenoxy) is 1. The predicted octanol–water partition coefficient (Wildman–Crippen LogP) is 9.91. The first kappa shape index (κ1) is 56.5. The van der Waals surface area contributed by atoms with Crippen LogP contribution in [-0.4, -0.2) is 131 Å². The van der Waals surface area contributed by atoms with Crippen LogP contribution in [0.1, 0.15) is 13.3 Å². The third-order valence-corrected chi connectivity index (χ3v) is 13.5. The van der Waals surface area contributed by atoms with Crippen molar-refractivity contribution < 1.29 is 24.2 Å². The quantitative estimate of drug-likeness (QED) is 0.0249. The number of aliphatic hydroxyl groups excluding tert-OH is 1. The van der Waals surface area contributed by atoms with Gasteiger partial charge >= 0.3 is 5.97 Å². The van der Waals surface area contributed by atoms with Crippen molar-refractivity contribution in [1.82, 2.24) is 29.7 Å². The molecule has 0 spiro atoms. The number of hydrogen-bond donors (Lipinski definition) is 5. The Morgan fingerprint density at radius 1 is 0.633 bits per heavy atom. The summed E-state index contributed by atoms with van der Waals surface area (Å²) in [5.74, 6) is 0.419. The van der Waals surface area contributed by atoms with Crippen molar-refractivity contribution in [3.8, 4) is 22.3 Å². The fourth-order valence-corrected chi connectivity index (χ4v) is 9.07. The van der Waals surface area contributed by atoms with E-state index >= 15 is 0 Å². The van der Waals surface area contributed by atoms with Crippen LogP contribution in [0.15, 0.2) is 171 Å². The molecule has 0 radical (unpaired) electrons. The van der Waals surface area contributed by atoms with Crippen LogP contribution in [0, 0.1) is 0 Å². The summed E-state index contributed by atoms with van der Waals surface area (Å²) in [7, 11) is 0. The van der Waals surface area contributed by atoms with Crippen molar-refractivity contribution in [2.75, 3.05) is 110 Å². The summed E-state index contributed by atoms with van der Waals surface area (Å²) < 4.78 is 5.09. The molecule has 2 saturated heterocycles. The van der Waals surface area contributed by atoms with Crippen LogP contribution >= 0.6 is 11.6 Å². The number of halogens is 1. The van der Waals surface area contributed by atoms with Gasteiger partial charge in [0.05, 0.1) is 17.6 Å². The zero-order valence-electron chi connectivity index (χ0n) is 44.2. The number of nitrogens with zero attached hydrogens (tertiary/aromatic N) is 8. The number of aliphatic hydroxyl groups is 1. The molecule has 2 aromatic heterocycles. The monoisotopic (exact) mass is 1080 g/mol. The lowest BCUT2D eigenvalue weighted by atomic mass is 10.0. The summed E-state index contributed by atoms with van der Waals surface area (Å²) in [6.45, 7) is 18.2. The van der Waals surface area contributed by atoms with E-state index in [1.807, 2.05) is 103 Å². The average Bonchev–Trinajstić information content (AvgIpc) is 3.55. The van der Waals surface area contributed by atoms with E-state index in [9.17, 15) is 14.4 Å². The SMILES string of the molecule is C=CC(=O)Nc1cccc(-c2cccc3cnc(Nc4ccc(N5CCN(CCOC(=O)C=C)CC5)cc4)nc23)c1.CCC(=O)Cl.Nc1cccc(-c2cccc3cnc(Nc4ccc(N5CCN(CCO)CC5)cc4)nc23)c1. The minimum atomic E-state index is -0.382. The highest BCUT2D eigenvalue weighted by molar-refractivity contribution is 6.63. The first-order valence-electron chi connectivity index (χ1n) is 26.2. The van der Waals surface area contributed by atoms with E-state index in [-0.39, 0.29) is 23.7 Å². The van der Waals surface area contributed by atoms with Gasteiger partial charge in [-0.15, -0.1) is 0 Å². The highest BCUT2D eigenvalue weighted by Gasteiger charge is 2.19. The lowest BCUT2D eigenvalue weighted by Crippen LogP contribution is -2.47. The third-order valence-electron chi connectivity index (χ3n) is 13.3. The van der Waals surface area contributed by atoms with Crippen LogP contribution in [0.2, 0.25) is 0 Å². The van der Waals surface area contributed by atoms with Crippen molar-refractivity contribution in [3.05, 3.63) is 171 Å². The van der Waals surface area contributed by atoms with Crippen LogP contribution in [0.5, 0.6) is 0 Å². The number of carbonyl (C=O) groups is 3. The molecule has 2 aliphatic rings. The van der Waals surface area contributed by atoms with Crippen LogP contribution in [0.4, 0.5) is 46.0 Å². The third kappa shape index (κ3) is 15.9. The number of esters is 1. The number of β-amino-alcohol motifs (C(OH)–C–C–N with tert-alkyl or cyclic N) is 1. The number of hydrogen-bond acceptors (Lipinski definition) is 16. The summed E-state index contributed by atoms with van der Waals surface area (Å²) in [6, 6.07) is 44.2. The Bertz CT molecular complexity index is 3370. The number of carbonyl (C=O) groups excluding carboxylic acids is 3. The molecule has 17 nitrogen and oxygen atoms in total. The van der Waals surface area contributed by atoms with E-state index in [2.05, 4.69) is 101 Å². The van der Waals surface area contributed by atoms with Gasteiger partial charge < -0.3 is 41.3 Å². The zero-order valence-corrected chi connectivity index (χ0v) is 45.0. The van der Waals surface area contributed by atoms with Gasteiger partial charge in [-0.3, -0.25) is 19.4 Å². The number of para-hydroxylation sites is 2. The topological polar surface area (TPSA) is 207 Å². The smallest absolute Gasteiger partial charge is 0.330 e. The molecule has 0 aliphatic carbocycles. The van der Waals surface area contributed by atoms with Crippen molar-refractivity contribution in [3.63, 3.8) is 0 Å². The first-order valence-corrected chi connectivity index (χ1v) is 26.5. The molecule has 8 aromatic rings. The summed E-state index contributed by atoms with van der Waals surface area (Å²) in [5.41, 5.74) is 17.2. The number of nitrogen functional groups attached to an aromatic ring is 1. The summed E-state index contributed by atoms with van der Waals surface area (Å²) in [5, 5.41) is 20.2. The molecule has 0 saturated carbocycles. The summed E-state index contributed by atoms with van der Waals surface area (Å²) in [4.78, 5) is 60.6. The van der Waals surface area contributed by atoms with E-state index in [1.54, 1.807) is 6.92 Å². The Balaban J connectivity index is 0.000000195. The molecule has 79 heavy (non-hydrogen) atoms. The van der Waals surface area contributed by atoms with Crippen LogP contribution in [0.25, 0.3) is 44.1 Å². The number of amides is 1. The Morgan fingerprint density at radius 3 is 1.58 bits per heavy atom. The number of anilines is 8. The van der Waals surface area contributed by atoms with E-state index < -0.39 is 0 Å². The van der Waals surface area contributed by atoms with Crippen molar-refractivity contribution in [1.29, 1.82) is 0 Å². The van der Waals surface area contributed by atoms with Gasteiger partial charge in [-0.25, -0.2) is 24.7 Å². The molecule has 2 aliphatic heterocycles. The number of aromatic nitrogens is 4. The average molecular weight is 1080 g/mol. The fraction of sp³-hybridized carbons (Fsp3) is 0.230. The molecule has 0 atom stereocenters. The number of rotatable bonds is 17. The van der Waals surface area contributed by atoms with Gasteiger partial charge in [0.2, 0.25) is 23.0 Å². The molecule has 0 bridgehead atoms. The molecule has 6 aromatic carbocycles. The van der Waals surface area contributed by atoms with Gasteiger partial charge in [0, 0.05) is 146 Å². The Labute approximate surface area is 465 Å². The Hall–Kier alpha value is -8.74. The molecule has 2 fully saturated rings. The maximum Gasteiger partial charge on any atom is 0.330 e. The lowest BCUT2D eigenvalue weighted by Gasteiger charge is -2.36. The van der Waals surface area contributed by atoms with E-state index in [0.717, 1.165) is 132 Å². The molecule has 18 heteroatoms. The molecular weight excluding hydrogens is 1020 g/mol. The normalized spacial score (nSPS) is 13.5. The van der Waals surface area contributed by atoms with E-state index in [4.69, 9.17) is 37.1 Å². The van der Waals surface area contributed by atoms with Gasteiger partial charge in [0.15, 0.2) is 0 Å². The first-order chi connectivity index (χ1) is 38.5. The minimum Gasteiger partial charge on any atom is -0.461 e. The molecular formula is C61H65ClN12O5. The number of nitrogens with one attached hydrogen (secondary N) is 3. The van der Waals surface area contributed by atoms with Gasteiger partial charge in [0.25, 0.3) is 0 Å². The van der Waals surface area contributed by atoms with Crippen LogP contribution in [-0.2, 0) is 19.1 Å². The molecule has 10 rings (SSSR count). The number of benzene rings is 6. The highest BCUT2D eigenvalue weighted by Crippen LogP contribution is 2.32. The predicted molar refractivity (Wildman–Crippen MR) is 319 cm³/mol. The van der Waals surface area contributed by atoms with E-state index in [1.165, 1.54) is 17.8 Å². The van der Waals surface area contributed by atoms with Crippen molar-refractivity contribution in [2.24, 2.45) is 0 Å². The second-order valence-electron chi connectivity index (χ2n) is 18.6. The highest BCUT2D eigenvalue weighted by atomic mass is 35.5. The van der Waals surface area contributed by atoms with Gasteiger partial charge in [-0.2, -0.15) is 0 Å². The molecule has 406 valence electrons. The second-order valence-corrected chi connectivity index (χ2v) is 19.0. The zero-order chi connectivity index (χ0) is 55.5. The number of nitrogens with two attached hydrogens (primary N) is 1. The molecule has 0 unspecified atom stereocenters.